The van der Waals surface area contributed by atoms with E-state index >= 15 is 0 Å². The largest absolute Gasteiger partial charge is 0.327 e. The molecule has 1 spiro atoms. The number of fused-ring (bicyclic) bond motifs is 3. The van der Waals surface area contributed by atoms with Gasteiger partial charge in [-0.15, -0.1) is 11.3 Å². The van der Waals surface area contributed by atoms with Gasteiger partial charge in [-0.1, -0.05) is 18.2 Å². The van der Waals surface area contributed by atoms with Crippen LogP contribution in [-0.2, 0) is 0 Å². The first-order valence-electron chi connectivity index (χ1n) is 9.30. The molecule has 0 radical (unpaired) electrons. The van der Waals surface area contributed by atoms with Crippen LogP contribution in [0.15, 0.2) is 35.4 Å². The molecule has 0 unspecified atom stereocenters. The Morgan fingerprint density at radius 1 is 1.21 bits per heavy atom. The van der Waals surface area contributed by atoms with E-state index in [4.69, 9.17) is 5.10 Å². The second-order valence-electron chi connectivity index (χ2n) is 8.01. The van der Waals surface area contributed by atoms with Gasteiger partial charge in [-0.2, -0.15) is 5.10 Å². The predicted octanol–water partition coefficient (Wildman–Crippen LogP) is 4.78. The van der Waals surface area contributed by atoms with Crippen LogP contribution in [0.5, 0.6) is 0 Å². The maximum Gasteiger partial charge on any atom is 0.168 e. The minimum absolute atomic E-state index is 0.0703. The minimum Gasteiger partial charge on any atom is -0.327 e. The Labute approximate surface area is 147 Å². The lowest BCUT2D eigenvalue weighted by Gasteiger charge is -2.55. The van der Waals surface area contributed by atoms with Gasteiger partial charge in [-0.3, -0.25) is 5.43 Å². The second-order valence-corrected chi connectivity index (χ2v) is 9.09. The van der Waals surface area contributed by atoms with Crippen LogP contribution in [0.2, 0.25) is 0 Å². The summed E-state index contributed by atoms with van der Waals surface area (Å²) in [6, 6.07) is 11.4. The molecule has 0 saturated heterocycles. The van der Waals surface area contributed by atoms with Crippen molar-refractivity contribution >= 4 is 27.3 Å². The standard InChI is InChI=1S/C20H25N3S/c1-13(2)23-19(18-11-15-5-3-4-6-17(15)24-18)21-22-20(23)12-14-7-9-16(20)10-8-14/h3-6,11,13-14,16,22H,7-10,12H2,1-2H3/t14?,16?,20-/m1/s1. The van der Waals surface area contributed by atoms with Crippen molar-refractivity contribution in [3.05, 3.63) is 35.2 Å². The second kappa shape index (κ2) is 5.22. The highest BCUT2D eigenvalue weighted by Gasteiger charge is 2.55. The number of nitrogens with zero attached hydrogens (tertiary/aromatic N) is 2. The van der Waals surface area contributed by atoms with Crippen molar-refractivity contribution in [2.45, 2.75) is 57.7 Å². The summed E-state index contributed by atoms with van der Waals surface area (Å²) in [5.41, 5.74) is 3.72. The monoisotopic (exact) mass is 339 g/mol. The summed E-state index contributed by atoms with van der Waals surface area (Å²) < 4.78 is 1.35. The SMILES string of the molecule is CC(C)N1C(c2cc3ccccc3s2)=NN[C@]12CC1CCC2CC1. The summed E-state index contributed by atoms with van der Waals surface area (Å²) in [7, 11) is 0. The van der Waals surface area contributed by atoms with Gasteiger partial charge in [-0.25, -0.2) is 0 Å². The molecule has 3 aliphatic carbocycles. The van der Waals surface area contributed by atoms with E-state index in [0.29, 0.717) is 6.04 Å². The Morgan fingerprint density at radius 2 is 2.00 bits per heavy atom. The van der Waals surface area contributed by atoms with E-state index < -0.39 is 0 Å². The average Bonchev–Trinajstić information content (AvgIpc) is 3.17. The Bertz CT molecular complexity index is 767. The number of benzene rings is 1. The van der Waals surface area contributed by atoms with Gasteiger partial charge in [0.2, 0.25) is 0 Å². The molecule has 1 aromatic carbocycles. The number of thiophene rings is 1. The number of amidine groups is 1. The molecule has 2 aromatic rings. The van der Waals surface area contributed by atoms with Crippen LogP contribution in [0.1, 0.15) is 50.8 Å². The number of hydrogen-bond acceptors (Lipinski definition) is 4. The van der Waals surface area contributed by atoms with Crippen LogP contribution >= 0.6 is 11.3 Å². The zero-order chi connectivity index (χ0) is 16.3. The molecule has 4 aliphatic rings. The summed E-state index contributed by atoms with van der Waals surface area (Å²) in [6.45, 7) is 4.64. The van der Waals surface area contributed by atoms with E-state index in [1.54, 1.807) is 0 Å². The van der Waals surface area contributed by atoms with Crippen LogP contribution in [0.4, 0.5) is 0 Å². The normalized spacial score (nSPS) is 32.0. The summed E-state index contributed by atoms with van der Waals surface area (Å²) >= 11 is 1.87. The Balaban J connectivity index is 1.57. The number of nitrogens with one attached hydrogen (secondary N) is 1. The molecule has 1 N–H and O–H groups in total. The highest BCUT2D eigenvalue weighted by atomic mass is 32.1. The lowest BCUT2D eigenvalue weighted by molar-refractivity contribution is -0.0408. The summed E-state index contributed by atoms with van der Waals surface area (Å²) in [4.78, 5) is 3.92. The topological polar surface area (TPSA) is 27.6 Å². The molecule has 3 nitrogen and oxygen atoms in total. The van der Waals surface area contributed by atoms with Gasteiger partial charge in [0.05, 0.1) is 4.88 Å². The van der Waals surface area contributed by atoms with Gasteiger partial charge < -0.3 is 4.90 Å². The first-order chi connectivity index (χ1) is 11.7. The highest BCUT2D eigenvalue weighted by Crippen LogP contribution is 2.51. The molecule has 2 heterocycles. The molecule has 2 bridgehead atoms. The summed E-state index contributed by atoms with van der Waals surface area (Å²) in [5, 5.41) is 6.23. The molecule has 6 rings (SSSR count). The van der Waals surface area contributed by atoms with Crippen LogP contribution in [-0.4, -0.2) is 22.4 Å². The average molecular weight is 340 g/mol. The maximum atomic E-state index is 4.90. The molecular formula is C20H25N3S. The van der Waals surface area contributed by atoms with Crippen molar-refractivity contribution < 1.29 is 0 Å². The first-order valence-corrected chi connectivity index (χ1v) is 10.1. The molecule has 1 aliphatic heterocycles. The van der Waals surface area contributed by atoms with Gasteiger partial charge in [0, 0.05) is 16.7 Å². The zero-order valence-corrected chi connectivity index (χ0v) is 15.3. The molecule has 3 fully saturated rings. The third-order valence-corrected chi connectivity index (χ3v) is 7.41. The van der Waals surface area contributed by atoms with Crippen molar-refractivity contribution in [3.63, 3.8) is 0 Å². The van der Waals surface area contributed by atoms with Crippen molar-refractivity contribution in [2.24, 2.45) is 16.9 Å². The summed E-state index contributed by atoms with van der Waals surface area (Å²) in [6.07, 6.45) is 6.80. The van der Waals surface area contributed by atoms with Crippen LogP contribution in [0.25, 0.3) is 10.1 Å². The van der Waals surface area contributed by atoms with Crippen LogP contribution in [0, 0.1) is 11.8 Å². The van der Waals surface area contributed by atoms with Crippen molar-refractivity contribution in [2.75, 3.05) is 0 Å². The maximum absolute atomic E-state index is 4.90. The number of hydrazone groups is 1. The third-order valence-electron chi connectivity index (χ3n) is 6.30. The Hall–Kier alpha value is -1.55. The van der Waals surface area contributed by atoms with Gasteiger partial charge in [0.1, 0.15) is 5.66 Å². The molecular weight excluding hydrogens is 314 g/mol. The van der Waals surface area contributed by atoms with Gasteiger partial charge in [0.15, 0.2) is 5.84 Å². The van der Waals surface area contributed by atoms with Crippen molar-refractivity contribution in [3.8, 4) is 0 Å². The van der Waals surface area contributed by atoms with Crippen molar-refractivity contribution in [1.82, 2.24) is 10.3 Å². The third kappa shape index (κ3) is 1.98. The summed E-state index contributed by atoms with van der Waals surface area (Å²) in [5.74, 6) is 2.78. The quantitative estimate of drug-likeness (QED) is 0.852. The molecule has 126 valence electrons. The molecule has 0 amide bonds. The smallest absolute Gasteiger partial charge is 0.168 e. The van der Waals surface area contributed by atoms with Crippen LogP contribution in [0.3, 0.4) is 0 Å². The highest BCUT2D eigenvalue weighted by molar-refractivity contribution is 7.20. The first kappa shape index (κ1) is 14.8. The van der Waals surface area contributed by atoms with E-state index in [2.05, 4.69) is 54.5 Å². The van der Waals surface area contributed by atoms with E-state index in [-0.39, 0.29) is 5.66 Å². The van der Waals surface area contributed by atoms with Crippen molar-refractivity contribution in [1.29, 1.82) is 0 Å². The molecule has 4 heteroatoms. The van der Waals surface area contributed by atoms with E-state index in [0.717, 1.165) is 11.8 Å². The Morgan fingerprint density at radius 3 is 2.67 bits per heavy atom. The minimum atomic E-state index is 0.0703. The fourth-order valence-electron chi connectivity index (χ4n) is 5.30. The van der Waals surface area contributed by atoms with E-state index in [1.165, 1.54) is 52.9 Å². The van der Waals surface area contributed by atoms with E-state index in [9.17, 15) is 0 Å². The molecule has 3 saturated carbocycles. The zero-order valence-electron chi connectivity index (χ0n) is 14.5. The molecule has 24 heavy (non-hydrogen) atoms. The van der Waals surface area contributed by atoms with E-state index in [1.807, 2.05) is 11.3 Å². The number of rotatable bonds is 2. The molecule has 1 aromatic heterocycles. The fraction of sp³-hybridized carbons (Fsp3) is 0.550. The lowest BCUT2D eigenvalue weighted by Crippen LogP contribution is -2.65. The predicted molar refractivity (Wildman–Crippen MR) is 101 cm³/mol. The fourth-order valence-corrected chi connectivity index (χ4v) is 6.35. The molecule has 1 atom stereocenters. The van der Waals surface area contributed by atoms with Gasteiger partial charge in [-0.05, 0) is 69.4 Å². The lowest BCUT2D eigenvalue weighted by atomic mass is 9.63. The number of hydrogen-bond donors (Lipinski definition) is 1. The van der Waals surface area contributed by atoms with Crippen LogP contribution < -0.4 is 5.43 Å². The van der Waals surface area contributed by atoms with Gasteiger partial charge in [0.25, 0.3) is 0 Å². The van der Waals surface area contributed by atoms with Gasteiger partial charge >= 0.3 is 0 Å². The Kier molecular flexibility index (Phi) is 3.21.